The number of fused-ring (bicyclic) bond motifs is 1. The lowest BCUT2D eigenvalue weighted by molar-refractivity contribution is 0.0754. The van der Waals surface area contributed by atoms with Crippen molar-refractivity contribution in [2.75, 3.05) is 19.8 Å². The molecule has 0 saturated carbocycles. The summed E-state index contributed by atoms with van der Waals surface area (Å²) in [4.78, 5) is 12.2. The SMILES string of the molecule is CC(C)=CCC/C(C)=C/COc1c(O)c2ccc(OCCC(O)CO)cc2oc1=O. The monoisotopic (exact) mass is 418 g/mol. The lowest BCUT2D eigenvalue weighted by Gasteiger charge is -2.11. The number of allylic oxidation sites excluding steroid dienone is 3. The average molecular weight is 418 g/mol. The molecule has 1 aromatic heterocycles. The van der Waals surface area contributed by atoms with Gasteiger partial charge >= 0.3 is 5.63 Å². The smallest absolute Gasteiger partial charge is 0.383 e. The van der Waals surface area contributed by atoms with Crippen LogP contribution in [0.15, 0.2) is 50.7 Å². The minimum absolute atomic E-state index is 0.152. The summed E-state index contributed by atoms with van der Waals surface area (Å²) in [6.45, 7) is 6.10. The fourth-order valence-corrected chi connectivity index (χ4v) is 2.73. The van der Waals surface area contributed by atoms with Gasteiger partial charge in [-0.3, -0.25) is 0 Å². The van der Waals surface area contributed by atoms with Crippen LogP contribution in [-0.2, 0) is 0 Å². The maximum absolute atomic E-state index is 12.2. The molecule has 30 heavy (non-hydrogen) atoms. The molecule has 164 valence electrons. The molecule has 2 aromatic rings. The minimum Gasteiger partial charge on any atom is -0.504 e. The summed E-state index contributed by atoms with van der Waals surface area (Å²) < 4.78 is 16.2. The molecule has 0 amide bonds. The molecular weight excluding hydrogens is 388 g/mol. The summed E-state index contributed by atoms with van der Waals surface area (Å²) in [5.74, 6) is -0.0894. The number of hydrogen-bond donors (Lipinski definition) is 3. The first-order valence-corrected chi connectivity index (χ1v) is 9.95. The number of rotatable bonds is 11. The van der Waals surface area contributed by atoms with Gasteiger partial charge in [0.2, 0.25) is 5.75 Å². The van der Waals surface area contributed by atoms with Crippen LogP contribution in [-0.4, -0.2) is 41.2 Å². The second-order valence-corrected chi connectivity index (χ2v) is 7.38. The zero-order chi connectivity index (χ0) is 22.1. The molecule has 0 radical (unpaired) electrons. The van der Waals surface area contributed by atoms with E-state index in [9.17, 15) is 15.0 Å². The molecule has 0 aliphatic rings. The fourth-order valence-electron chi connectivity index (χ4n) is 2.73. The molecule has 0 fully saturated rings. The van der Waals surface area contributed by atoms with Crippen LogP contribution in [0, 0.1) is 0 Å². The molecule has 0 aliphatic carbocycles. The molecule has 2 rings (SSSR count). The lowest BCUT2D eigenvalue weighted by Crippen LogP contribution is -2.15. The Morgan fingerprint density at radius 2 is 1.97 bits per heavy atom. The van der Waals surface area contributed by atoms with Gasteiger partial charge in [-0.2, -0.15) is 0 Å². The molecular formula is C23H30O7. The highest BCUT2D eigenvalue weighted by Gasteiger charge is 2.16. The molecule has 1 heterocycles. The van der Waals surface area contributed by atoms with Crippen molar-refractivity contribution in [3.05, 3.63) is 51.9 Å². The second-order valence-electron chi connectivity index (χ2n) is 7.38. The third kappa shape index (κ3) is 6.93. The first-order chi connectivity index (χ1) is 14.3. The van der Waals surface area contributed by atoms with E-state index in [-0.39, 0.29) is 43.3 Å². The van der Waals surface area contributed by atoms with Gasteiger partial charge in [0.1, 0.15) is 17.9 Å². The van der Waals surface area contributed by atoms with Crippen LogP contribution in [0.4, 0.5) is 0 Å². The topological polar surface area (TPSA) is 109 Å². The van der Waals surface area contributed by atoms with Gasteiger partial charge in [0, 0.05) is 12.5 Å². The largest absolute Gasteiger partial charge is 0.504 e. The van der Waals surface area contributed by atoms with Crippen LogP contribution in [0.3, 0.4) is 0 Å². The summed E-state index contributed by atoms with van der Waals surface area (Å²) in [7, 11) is 0. The standard InChI is InChI=1S/C23H30O7/c1-15(2)5-4-6-16(3)9-11-29-22-21(26)19-8-7-18(13-20(19)30-23(22)27)28-12-10-17(25)14-24/h5,7-9,13,17,24-26H,4,6,10-12,14H2,1-3H3/b16-9+. The van der Waals surface area contributed by atoms with Crippen molar-refractivity contribution < 1.29 is 29.2 Å². The third-order valence-corrected chi connectivity index (χ3v) is 4.49. The van der Waals surface area contributed by atoms with Gasteiger partial charge in [0.05, 0.1) is 24.7 Å². The van der Waals surface area contributed by atoms with Crippen LogP contribution in [0.5, 0.6) is 17.2 Å². The normalized spacial score (nSPS) is 12.6. The van der Waals surface area contributed by atoms with Crippen molar-refractivity contribution in [3.63, 3.8) is 0 Å². The van der Waals surface area contributed by atoms with E-state index in [1.165, 1.54) is 11.6 Å². The van der Waals surface area contributed by atoms with Crippen LogP contribution < -0.4 is 15.1 Å². The maximum Gasteiger partial charge on any atom is 0.383 e. The van der Waals surface area contributed by atoms with Gasteiger partial charge in [0.25, 0.3) is 0 Å². The van der Waals surface area contributed by atoms with E-state index in [0.717, 1.165) is 18.4 Å². The Balaban J connectivity index is 2.06. The molecule has 0 bridgehead atoms. The van der Waals surface area contributed by atoms with Crippen LogP contribution in [0.2, 0.25) is 0 Å². The molecule has 7 heteroatoms. The number of aliphatic hydroxyl groups excluding tert-OH is 2. The first-order valence-electron chi connectivity index (χ1n) is 9.95. The van der Waals surface area contributed by atoms with E-state index in [1.54, 1.807) is 12.1 Å². The summed E-state index contributed by atoms with van der Waals surface area (Å²) in [6, 6.07) is 4.67. The Morgan fingerprint density at radius 1 is 1.20 bits per heavy atom. The molecule has 0 spiro atoms. The summed E-state index contributed by atoms with van der Waals surface area (Å²) in [5.41, 5.74) is 1.79. The van der Waals surface area contributed by atoms with E-state index in [2.05, 4.69) is 19.9 Å². The zero-order valence-corrected chi connectivity index (χ0v) is 17.7. The Bertz CT molecular complexity index is 952. The molecule has 1 aromatic carbocycles. The van der Waals surface area contributed by atoms with Crippen molar-refractivity contribution in [2.24, 2.45) is 0 Å². The summed E-state index contributed by atoms with van der Waals surface area (Å²) >= 11 is 0. The number of hydrogen-bond acceptors (Lipinski definition) is 7. The number of aliphatic hydroxyl groups is 2. The average Bonchev–Trinajstić information content (AvgIpc) is 2.69. The van der Waals surface area contributed by atoms with Gasteiger partial charge in [-0.15, -0.1) is 0 Å². The predicted octanol–water partition coefficient (Wildman–Crippen LogP) is 3.69. The molecule has 1 unspecified atom stereocenters. The van der Waals surface area contributed by atoms with Gasteiger partial charge in [-0.25, -0.2) is 4.79 Å². The fraction of sp³-hybridized carbons (Fsp3) is 0.435. The lowest BCUT2D eigenvalue weighted by atomic mass is 10.1. The Kier molecular flexibility index (Phi) is 8.95. The molecule has 0 aliphatic heterocycles. The second kappa shape index (κ2) is 11.4. The van der Waals surface area contributed by atoms with E-state index in [4.69, 9.17) is 19.0 Å². The van der Waals surface area contributed by atoms with Gasteiger partial charge in [-0.05, 0) is 51.8 Å². The number of aromatic hydroxyl groups is 1. The van der Waals surface area contributed by atoms with Crippen molar-refractivity contribution >= 4 is 11.0 Å². The minimum atomic E-state index is -0.850. The summed E-state index contributed by atoms with van der Waals surface area (Å²) in [5, 5.41) is 28.9. The third-order valence-electron chi connectivity index (χ3n) is 4.49. The number of ether oxygens (including phenoxy) is 2. The van der Waals surface area contributed by atoms with E-state index < -0.39 is 11.7 Å². The summed E-state index contributed by atoms with van der Waals surface area (Å²) in [6.07, 6.45) is 5.28. The maximum atomic E-state index is 12.2. The number of benzene rings is 1. The van der Waals surface area contributed by atoms with Gasteiger partial charge < -0.3 is 29.2 Å². The predicted molar refractivity (Wildman–Crippen MR) is 115 cm³/mol. The Labute approximate surface area is 175 Å². The van der Waals surface area contributed by atoms with Gasteiger partial charge in [-0.1, -0.05) is 17.2 Å². The van der Waals surface area contributed by atoms with E-state index in [1.807, 2.05) is 13.0 Å². The first kappa shape index (κ1) is 23.5. The Morgan fingerprint density at radius 3 is 2.67 bits per heavy atom. The van der Waals surface area contributed by atoms with Crippen molar-refractivity contribution in [1.29, 1.82) is 0 Å². The Hall–Kier alpha value is -2.77. The highest BCUT2D eigenvalue weighted by molar-refractivity contribution is 5.86. The van der Waals surface area contributed by atoms with Gasteiger partial charge in [0.15, 0.2) is 5.75 Å². The van der Waals surface area contributed by atoms with E-state index >= 15 is 0 Å². The van der Waals surface area contributed by atoms with Crippen LogP contribution >= 0.6 is 0 Å². The highest BCUT2D eigenvalue weighted by Crippen LogP contribution is 2.33. The van der Waals surface area contributed by atoms with Crippen molar-refractivity contribution in [2.45, 2.75) is 46.1 Å². The molecule has 7 nitrogen and oxygen atoms in total. The van der Waals surface area contributed by atoms with E-state index in [0.29, 0.717) is 11.1 Å². The highest BCUT2D eigenvalue weighted by atomic mass is 16.5. The molecule has 0 saturated heterocycles. The van der Waals surface area contributed by atoms with Crippen LogP contribution in [0.1, 0.15) is 40.0 Å². The molecule has 3 N–H and O–H groups in total. The van der Waals surface area contributed by atoms with Crippen LogP contribution in [0.25, 0.3) is 11.0 Å². The zero-order valence-electron chi connectivity index (χ0n) is 17.7. The quantitative estimate of drug-likeness (QED) is 0.377. The van der Waals surface area contributed by atoms with Crippen molar-refractivity contribution in [3.8, 4) is 17.2 Å². The molecule has 1 atom stereocenters. The van der Waals surface area contributed by atoms with Crippen molar-refractivity contribution in [1.82, 2.24) is 0 Å².